The molecule has 3 heterocycles. The summed E-state index contributed by atoms with van der Waals surface area (Å²) in [7, 11) is 2.13. The van der Waals surface area contributed by atoms with Crippen molar-refractivity contribution in [3.63, 3.8) is 0 Å². The quantitative estimate of drug-likeness (QED) is 0.135. The fourth-order valence-electron chi connectivity index (χ4n) is 8.11. The highest BCUT2D eigenvalue weighted by Gasteiger charge is 2.34. The maximum Gasteiger partial charge on any atom is 0.299 e. The summed E-state index contributed by atoms with van der Waals surface area (Å²) in [5, 5.41) is 5.17. The highest BCUT2D eigenvalue weighted by molar-refractivity contribution is 6.22. The van der Waals surface area contributed by atoms with Crippen LogP contribution >= 0.6 is 0 Å². The third kappa shape index (κ3) is 4.73. The van der Waals surface area contributed by atoms with Gasteiger partial charge in [-0.2, -0.15) is 4.57 Å². The molecule has 0 fully saturated rings. The Balaban J connectivity index is 1.43. The molecule has 0 aliphatic rings. The molecule has 0 amide bonds. The van der Waals surface area contributed by atoms with E-state index in [0.717, 1.165) is 54.9 Å². The molecule has 0 aliphatic heterocycles. The van der Waals surface area contributed by atoms with Crippen LogP contribution < -0.4 is 4.57 Å². The van der Waals surface area contributed by atoms with Gasteiger partial charge in [0.15, 0.2) is 16.6 Å². The van der Waals surface area contributed by atoms with Gasteiger partial charge < -0.3 is 4.42 Å². The molecule has 0 atom stereocenters. The lowest BCUT2D eigenvalue weighted by molar-refractivity contribution is -0.633. The van der Waals surface area contributed by atoms with E-state index in [1.807, 2.05) is 24.3 Å². The number of aryl methyl sites for hydroxylation is 3. The molecular weight excluding hydrogens is 623 g/mol. The maximum atomic E-state index is 8.50. The second kappa shape index (κ2) is 11.7. The number of aromatic nitrogens is 3. The molecule has 4 heteroatoms. The van der Waals surface area contributed by atoms with Crippen molar-refractivity contribution in [2.45, 2.75) is 53.3 Å². The zero-order valence-electron chi connectivity index (χ0n) is 32.9. The first-order valence-electron chi connectivity index (χ1n) is 19.3. The van der Waals surface area contributed by atoms with E-state index in [1.165, 1.54) is 27.9 Å². The first-order chi connectivity index (χ1) is 25.9. The summed E-state index contributed by atoms with van der Waals surface area (Å²) in [6.45, 7) is 8.79. The molecule has 0 unspecified atom stereocenters. The first kappa shape index (κ1) is 28.0. The van der Waals surface area contributed by atoms with Gasteiger partial charge in [0.1, 0.15) is 11.3 Å². The summed E-state index contributed by atoms with van der Waals surface area (Å²) in [4.78, 5) is 4.80. The number of benzene rings is 6. The van der Waals surface area contributed by atoms with Crippen LogP contribution in [0, 0.1) is 13.8 Å². The largest absolute Gasteiger partial charge is 0.437 e. The number of para-hydroxylation sites is 2. The van der Waals surface area contributed by atoms with Crippen LogP contribution in [0.25, 0.3) is 82.8 Å². The van der Waals surface area contributed by atoms with E-state index >= 15 is 0 Å². The lowest BCUT2D eigenvalue weighted by Gasteiger charge is -2.21. The van der Waals surface area contributed by atoms with E-state index in [9.17, 15) is 0 Å². The van der Waals surface area contributed by atoms with Gasteiger partial charge in [-0.1, -0.05) is 107 Å². The van der Waals surface area contributed by atoms with Gasteiger partial charge in [-0.25, -0.2) is 9.55 Å². The number of pyridine rings is 1. The summed E-state index contributed by atoms with van der Waals surface area (Å²) in [5.41, 5.74) is 11.4. The summed E-state index contributed by atoms with van der Waals surface area (Å²) in [6, 6.07) is 40.3. The topological polar surface area (TPSA) is 34.8 Å². The fraction of sp³-hybridized carbons (Fsp3) is 0.191. The van der Waals surface area contributed by atoms with Crippen LogP contribution in [0.2, 0.25) is 0 Å². The Morgan fingerprint density at radius 3 is 2.04 bits per heavy atom. The number of hydrogen-bond donors (Lipinski definition) is 0. The number of nitrogens with zero attached hydrogens (tertiary/aromatic N) is 3. The van der Waals surface area contributed by atoms with Crippen LogP contribution in [0.5, 0.6) is 0 Å². The van der Waals surface area contributed by atoms with Gasteiger partial charge in [-0.05, 0) is 94.9 Å². The second-order valence-electron chi connectivity index (χ2n) is 14.5. The van der Waals surface area contributed by atoms with Gasteiger partial charge in [-0.15, -0.1) is 0 Å². The van der Waals surface area contributed by atoms with Gasteiger partial charge in [0, 0.05) is 31.7 Å². The molecule has 3 aromatic heterocycles. The zero-order valence-corrected chi connectivity index (χ0v) is 29.9. The third-order valence-electron chi connectivity index (χ3n) is 10.7. The molecule has 0 saturated carbocycles. The summed E-state index contributed by atoms with van der Waals surface area (Å²) in [5.74, 6) is 1.44. The van der Waals surface area contributed by atoms with Gasteiger partial charge >= 0.3 is 0 Å². The minimum Gasteiger partial charge on any atom is -0.437 e. The molecule has 0 radical (unpaired) electrons. The minimum atomic E-state index is -2.43. The van der Waals surface area contributed by atoms with Crippen LogP contribution in [-0.2, 0) is 7.05 Å². The maximum absolute atomic E-state index is 8.50. The molecule has 9 rings (SSSR count). The third-order valence-corrected chi connectivity index (χ3v) is 10.7. The van der Waals surface area contributed by atoms with Crippen molar-refractivity contribution in [2.75, 3.05) is 0 Å². The Kier molecular flexibility index (Phi) is 6.41. The van der Waals surface area contributed by atoms with Gasteiger partial charge in [0.25, 0.3) is 5.82 Å². The van der Waals surface area contributed by atoms with Crippen LogP contribution in [0.1, 0.15) is 66.0 Å². The molecular formula is C47H42N3O+. The number of furan rings is 1. The van der Waals surface area contributed by atoms with Crippen molar-refractivity contribution < 1.29 is 13.1 Å². The Bertz CT molecular complexity index is 2920. The van der Waals surface area contributed by atoms with Crippen LogP contribution in [-0.4, -0.2) is 9.55 Å². The first-order valence-corrected chi connectivity index (χ1v) is 17.8. The van der Waals surface area contributed by atoms with Crippen molar-refractivity contribution in [3.05, 3.63) is 138 Å². The highest BCUT2D eigenvalue weighted by atomic mass is 16.3. The number of hydrogen-bond acceptors (Lipinski definition) is 2. The standard InChI is InChI=1S/C47H42N3O/c1-27(2)36-25-34(31-15-9-8-10-16-31)26-37(28(3)4)44(36)50-41-20-14-13-19-40(41)49(7)47(50)42-29(5)21-22-35-43-39-24-33-18-12-11-17-32(33)23-38(39)30(6)48-46(43)51-45(35)42/h8-28H,1-7H3/q+1/i6D3. The Morgan fingerprint density at radius 1 is 0.706 bits per heavy atom. The van der Waals surface area contributed by atoms with E-state index in [-0.39, 0.29) is 17.5 Å². The molecule has 4 nitrogen and oxygen atoms in total. The average Bonchev–Trinajstić information content (AvgIpc) is 3.67. The Labute approximate surface area is 302 Å². The van der Waals surface area contributed by atoms with Crippen molar-refractivity contribution in [1.82, 2.24) is 9.55 Å². The van der Waals surface area contributed by atoms with Crippen LogP contribution in [0.15, 0.2) is 120 Å². The van der Waals surface area contributed by atoms with Gasteiger partial charge in [0.2, 0.25) is 5.71 Å². The van der Waals surface area contributed by atoms with E-state index < -0.39 is 6.85 Å². The van der Waals surface area contributed by atoms with Crippen LogP contribution in [0.3, 0.4) is 0 Å². The van der Waals surface area contributed by atoms with Crippen molar-refractivity contribution in [1.29, 1.82) is 0 Å². The van der Waals surface area contributed by atoms with Crippen molar-refractivity contribution in [3.8, 4) is 28.2 Å². The summed E-state index contributed by atoms with van der Waals surface area (Å²) >= 11 is 0. The molecule has 0 N–H and O–H groups in total. The lowest BCUT2D eigenvalue weighted by Crippen LogP contribution is -2.30. The highest BCUT2D eigenvalue weighted by Crippen LogP contribution is 2.44. The monoisotopic (exact) mass is 667 g/mol. The average molecular weight is 668 g/mol. The molecule has 9 aromatic rings. The molecule has 0 saturated heterocycles. The summed E-state index contributed by atoms with van der Waals surface area (Å²) in [6.07, 6.45) is 0. The zero-order chi connectivity index (χ0) is 37.6. The van der Waals surface area contributed by atoms with E-state index in [2.05, 4.69) is 142 Å². The normalized spacial score (nSPS) is 13.3. The van der Waals surface area contributed by atoms with Crippen molar-refractivity contribution >= 4 is 54.6 Å². The fourth-order valence-corrected chi connectivity index (χ4v) is 8.11. The van der Waals surface area contributed by atoms with E-state index in [0.29, 0.717) is 16.7 Å². The van der Waals surface area contributed by atoms with E-state index in [4.69, 9.17) is 13.5 Å². The molecule has 51 heavy (non-hydrogen) atoms. The summed E-state index contributed by atoms with van der Waals surface area (Å²) < 4.78 is 37.1. The molecule has 6 aromatic carbocycles. The number of imidazole rings is 1. The smallest absolute Gasteiger partial charge is 0.299 e. The second-order valence-corrected chi connectivity index (χ2v) is 14.5. The van der Waals surface area contributed by atoms with Gasteiger partial charge in [-0.3, -0.25) is 0 Å². The predicted octanol–water partition coefficient (Wildman–Crippen LogP) is 12.3. The Morgan fingerprint density at radius 2 is 1.35 bits per heavy atom. The predicted molar refractivity (Wildman–Crippen MR) is 213 cm³/mol. The van der Waals surface area contributed by atoms with E-state index in [1.54, 1.807) is 0 Å². The molecule has 0 spiro atoms. The number of fused-ring (bicyclic) bond motifs is 7. The Hall–Kier alpha value is -5.74. The van der Waals surface area contributed by atoms with Crippen molar-refractivity contribution in [2.24, 2.45) is 7.05 Å². The SMILES string of the molecule is [2H]C([2H])([2H])c1nc2oc3c(-c4n(-c5c(C(C)C)cc(-c6ccccc6)cc5C(C)C)c5ccccc5[n+]4C)c(C)ccc3c2c2cc3ccccc3cc12. The molecule has 0 bridgehead atoms. The lowest BCUT2D eigenvalue weighted by atomic mass is 9.88. The van der Waals surface area contributed by atoms with Crippen LogP contribution in [0.4, 0.5) is 0 Å². The van der Waals surface area contributed by atoms with Gasteiger partial charge in [0.05, 0.1) is 12.4 Å². The number of rotatable bonds is 5. The molecule has 0 aliphatic carbocycles. The minimum absolute atomic E-state index is 0.0504. The molecule has 250 valence electrons.